The van der Waals surface area contributed by atoms with Crippen LogP contribution in [-0.2, 0) is 15.0 Å². The molecule has 0 radical (unpaired) electrons. The molecule has 150 valence electrons. The second-order valence-corrected chi connectivity index (χ2v) is 9.62. The highest BCUT2D eigenvalue weighted by molar-refractivity contribution is 5.79. The van der Waals surface area contributed by atoms with Crippen molar-refractivity contribution in [1.82, 2.24) is 10.2 Å². The molecule has 1 spiro atoms. The minimum absolute atomic E-state index is 0.160. The van der Waals surface area contributed by atoms with Crippen molar-refractivity contribution < 1.29 is 9.59 Å². The van der Waals surface area contributed by atoms with Crippen LogP contribution in [0.15, 0.2) is 24.3 Å². The number of hydrogen-bond acceptors (Lipinski definition) is 2. The molecule has 0 bridgehead atoms. The van der Waals surface area contributed by atoms with Crippen LogP contribution in [0.3, 0.4) is 0 Å². The Bertz CT molecular complexity index is 756. The lowest BCUT2D eigenvalue weighted by Crippen LogP contribution is -2.46. The van der Waals surface area contributed by atoms with E-state index in [4.69, 9.17) is 0 Å². The van der Waals surface area contributed by atoms with E-state index in [0.29, 0.717) is 24.3 Å². The van der Waals surface area contributed by atoms with Gasteiger partial charge < -0.3 is 10.2 Å². The van der Waals surface area contributed by atoms with Crippen molar-refractivity contribution in [1.29, 1.82) is 0 Å². The summed E-state index contributed by atoms with van der Waals surface area (Å²) in [5, 5.41) is 3.16. The third-order valence-corrected chi connectivity index (χ3v) is 7.72. The van der Waals surface area contributed by atoms with Gasteiger partial charge in [-0.1, -0.05) is 37.1 Å². The normalized spacial score (nSPS) is 26.4. The Morgan fingerprint density at radius 1 is 1.04 bits per heavy atom. The van der Waals surface area contributed by atoms with Crippen LogP contribution in [0, 0.1) is 5.92 Å². The maximum Gasteiger partial charge on any atom is 0.225 e. The Balaban J connectivity index is 1.28. The van der Waals surface area contributed by atoms with Gasteiger partial charge in [0.2, 0.25) is 11.8 Å². The molecule has 1 saturated heterocycles. The number of amides is 2. The van der Waals surface area contributed by atoms with Gasteiger partial charge in [-0.15, -0.1) is 0 Å². The van der Waals surface area contributed by atoms with E-state index >= 15 is 0 Å². The van der Waals surface area contributed by atoms with E-state index in [2.05, 4.69) is 34.5 Å². The van der Waals surface area contributed by atoms with E-state index in [1.165, 1.54) is 24.0 Å². The second kappa shape index (κ2) is 7.20. The minimum Gasteiger partial charge on any atom is -0.353 e. The molecule has 28 heavy (non-hydrogen) atoms. The molecule has 3 aliphatic carbocycles. The molecule has 0 aromatic heterocycles. The van der Waals surface area contributed by atoms with Gasteiger partial charge in [-0.3, -0.25) is 9.59 Å². The summed E-state index contributed by atoms with van der Waals surface area (Å²) < 4.78 is 0. The summed E-state index contributed by atoms with van der Waals surface area (Å²) in [5.41, 5.74) is 2.99. The molecule has 4 nitrogen and oxygen atoms in total. The topological polar surface area (TPSA) is 49.4 Å². The van der Waals surface area contributed by atoms with Crippen LogP contribution >= 0.6 is 0 Å². The van der Waals surface area contributed by atoms with Gasteiger partial charge in [0.15, 0.2) is 0 Å². The highest BCUT2D eigenvalue weighted by Gasteiger charge is 2.46. The summed E-state index contributed by atoms with van der Waals surface area (Å²) in [7, 11) is 0. The maximum atomic E-state index is 12.8. The van der Waals surface area contributed by atoms with E-state index in [0.717, 1.165) is 58.0 Å². The van der Waals surface area contributed by atoms with Crippen LogP contribution in [0.1, 0.15) is 81.3 Å². The lowest BCUT2D eigenvalue weighted by molar-refractivity contribution is -0.137. The van der Waals surface area contributed by atoms with Gasteiger partial charge in [0.1, 0.15) is 0 Å². The monoisotopic (exact) mass is 380 g/mol. The van der Waals surface area contributed by atoms with Gasteiger partial charge in [0.05, 0.1) is 0 Å². The molecule has 1 unspecified atom stereocenters. The SMILES string of the molecule is O=C(CC1CC2(CCN(C(=O)C3CCCC3)CC2)c2ccccc21)NC1CC1. The van der Waals surface area contributed by atoms with Gasteiger partial charge in [-0.2, -0.15) is 0 Å². The van der Waals surface area contributed by atoms with Gasteiger partial charge in [-0.05, 0) is 67.4 Å². The third-order valence-electron chi connectivity index (χ3n) is 7.72. The number of carbonyl (C=O) groups excluding carboxylic acids is 2. The zero-order valence-electron chi connectivity index (χ0n) is 16.8. The van der Waals surface area contributed by atoms with Crippen LogP contribution in [0.5, 0.6) is 0 Å². The number of likely N-dealkylation sites (tertiary alicyclic amines) is 1. The lowest BCUT2D eigenvalue weighted by atomic mass is 9.73. The van der Waals surface area contributed by atoms with Gasteiger partial charge in [0, 0.05) is 31.5 Å². The minimum atomic E-state index is 0.160. The molecule has 5 rings (SSSR count). The molecule has 4 heteroatoms. The lowest BCUT2D eigenvalue weighted by Gasteiger charge is -2.41. The molecule has 2 saturated carbocycles. The molecule has 4 aliphatic rings. The molecule has 1 atom stereocenters. The summed E-state index contributed by atoms with van der Waals surface area (Å²) in [6.07, 6.45) is 10.6. The van der Waals surface area contributed by atoms with Gasteiger partial charge >= 0.3 is 0 Å². The molecule has 3 fully saturated rings. The fraction of sp³-hybridized carbons (Fsp3) is 0.667. The third kappa shape index (κ3) is 3.35. The zero-order chi connectivity index (χ0) is 19.1. The Kier molecular flexibility index (Phi) is 4.68. The van der Waals surface area contributed by atoms with Crippen molar-refractivity contribution in [2.75, 3.05) is 13.1 Å². The molecule has 1 aromatic carbocycles. The average Bonchev–Trinajstić information content (AvgIpc) is 3.25. The fourth-order valence-corrected chi connectivity index (χ4v) is 6.01. The molecule has 2 amide bonds. The van der Waals surface area contributed by atoms with E-state index in [1.54, 1.807) is 0 Å². The Hall–Kier alpha value is -1.84. The largest absolute Gasteiger partial charge is 0.353 e. The Morgan fingerprint density at radius 3 is 2.46 bits per heavy atom. The number of carbonyl (C=O) groups is 2. The molecule has 1 heterocycles. The van der Waals surface area contributed by atoms with Crippen LogP contribution < -0.4 is 5.32 Å². The quantitative estimate of drug-likeness (QED) is 0.861. The summed E-state index contributed by atoms with van der Waals surface area (Å²) in [4.78, 5) is 27.4. The molecular weight excluding hydrogens is 348 g/mol. The predicted molar refractivity (Wildman–Crippen MR) is 109 cm³/mol. The summed E-state index contributed by atoms with van der Waals surface area (Å²) in [5.74, 6) is 1.23. The van der Waals surface area contributed by atoms with Crippen molar-refractivity contribution >= 4 is 11.8 Å². The van der Waals surface area contributed by atoms with Crippen LogP contribution in [-0.4, -0.2) is 35.8 Å². The average molecular weight is 381 g/mol. The highest BCUT2D eigenvalue weighted by atomic mass is 16.2. The summed E-state index contributed by atoms with van der Waals surface area (Å²) >= 11 is 0. The number of nitrogens with one attached hydrogen (secondary N) is 1. The predicted octanol–water partition coefficient (Wildman–Crippen LogP) is 3.89. The zero-order valence-corrected chi connectivity index (χ0v) is 16.8. The Labute approximate surface area is 168 Å². The van der Waals surface area contributed by atoms with Crippen molar-refractivity contribution in [3.8, 4) is 0 Å². The molecular formula is C24H32N2O2. The second-order valence-electron chi connectivity index (χ2n) is 9.62. The number of hydrogen-bond donors (Lipinski definition) is 1. The van der Waals surface area contributed by atoms with Crippen molar-refractivity contribution in [2.45, 2.75) is 81.6 Å². The summed E-state index contributed by atoms with van der Waals surface area (Å²) in [6, 6.07) is 9.20. The summed E-state index contributed by atoms with van der Waals surface area (Å²) in [6.45, 7) is 1.76. The number of piperidine rings is 1. The highest BCUT2D eigenvalue weighted by Crippen LogP contribution is 2.52. The van der Waals surface area contributed by atoms with Crippen LogP contribution in [0.2, 0.25) is 0 Å². The number of fused-ring (bicyclic) bond motifs is 2. The first-order valence-electron chi connectivity index (χ1n) is 11.3. The van der Waals surface area contributed by atoms with Crippen molar-refractivity contribution in [3.63, 3.8) is 0 Å². The first-order valence-corrected chi connectivity index (χ1v) is 11.3. The first kappa shape index (κ1) is 18.2. The first-order chi connectivity index (χ1) is 13.6. The van der Waals surface area contributed by atoms with Crippen LogP contribution in [0.25, 0.3) is 0 Å². The van der Waals surface area contributed by atoms with Gasteiger partial charge in [-0.25, -0.2) is 0 Å². The van der Waals surface area contributed by atoms with Gasteiger partial charge in [0.25, 0.3) is 0 Å². The Morgan fingerprint density at radius 2 is 1.75 bits per heavy atom. The van der Waals surface area contributed by atoms with Crippen molar-refractivity contribution in [3.05, 3.63) is 35.4 Å². The molecule has 1 aliphatic heterocycles. The fourth-order valence-electron chi connectivity index (χ4n) is 6.01. The van der Waals surface area contributed by atoms with E-state index in [-0.39, 0.29) is 17.2 Å². The van der Waals surface area contributed by atoms with Crippen molar-refractivity contribution in [2.24, 2.45) is 5.92 Å². The number of nitrogens with zero attached hydrogens (tertiary/aromatic N) is 1. The van der Waals surface area contributed by atoms with Crippen LogP contribution in [0.4, 0.5) is 0 Å². The van der Waals surface area contributed by atoms with E-state index < -0.39 is 0 Å². The standard InChI is InChI=1S/C24H32N2O2/c27-22(25-19-9-10-19)15-18-16-24(21-8-4-3-7-20(18)21)11-13-26(14-12-24)23(28)17-5-1-2-6-17/h3-4,7-8,17-19H,1-2,5-6,9-16H2,(H,25,27). The molecule has 1 N–H and O–H groups in total. The van der Waals surface area contributed by atoms with E-state index in [1.807, 2.05) is 0 Å². The number of rotatable bonds is 4. The van der Waals surface area contributed by atoms with E-state index in [9.17, 15) is 9.59 Å². The smallest absolute Gasteiger partial charge is 0.225 e. The maximum absolute atomic E-state index is 12.8. The molecule has 1 aromatic rings. The number of benzene rings is 1.